The van der Waals surface area contributed by atoms with Crippen LogP contribution in [0, 0.1) is 0 Å². The van der Waals surface area contributed by atoms with Crippen LogP contribution in [0.15, 0.2) is 0 Å². The quantitative estimate of drug-likeness (QED) is 0.0537. The van der Waals surface area contributed by atoms with E-state index in [-0.39, 0.29) is 12.5 Å². The lowest BCUT2D eigenvalue weighted by atomic mass is 9.99. The van der Waals surface area contributed by atoms with Gasteiger partial charge >= 0.3 is 0 Å². The molecule has 0 saturated heterocycles. The van der Waals surface area contributed by atoms with Gasteiger partial charge in [-0.05, 0) is 12.8 Å². The Bertz CT molecular complexity index is 558. The summed E-state index contributed by atoms with van der Waals surface area (Å²) in [5.74, 6) is -0.143. The summed E-state index contributed by atoms with van der Waals surface area (Å²) in [6.07, 6.45) is 36.4. The molecule has 4 N–H and O–H groups in total. The number of carbonyl (C=O) groups is 1. The summed E-state index contributed by atoms with van der Waals surface area (Å²) in [5, 5.41) is 33.2. The Hall–Kier alpha value is -0.650. The van der Waals surface area contributed by atoms with Gasteiger partial charge in [-0.1, -0.05) is 194 Å². The smallest absolute Gasteiger partial charge is 0.220 e. The molecule has 0 aromatic carbocycles. The van der Waals surface area contributed by atoms with Crippen LogP contribution in [0.1, 0.15) is 213 Å². The highest BCUT2D eigenvalue weighted by molar-refractivity contribution is 5.76. The molecule has 5 heteroatoms. The average molecular weight is 612 g/mol. The average Bonchev–Trinajstić information content (AvgIpc) is 3.01. The van der Waals surface area contributed by atoms with E-state index in [1.165, 1.54) is 148 Å². The summed E-state index contributed by atoms with van der Waals surface area (Å²) < 4.78 is 0. The fourth-order valence-corrected chi connectivity index (χ4v) is 6.16. The molecule has 0 fully saturated rings. The highest BCUT2D eigenvalue weighted by Gasteiger charge is 2.26. The van der Waals surface area contributed by atoms with E-state index in [4.69, 9.17) is 0 Å². The third kappa shape index (κ3) is 29.8. The molecule has 0 bridgehead atoms. The highest BCUT2D eigenvalue weighted by Crippen LogP contribution is 2.16. The number of hydrogen-bond acceptors (Lipinski definition) is 4. The highest BCUT2D eigenvalue weighted by atomic mass is 16.3. The summed E-state index contributed by atoms with van der Waals surface area (Å²) in [7, 11) is 0. The second-order valence-electron chi connectivity index (χ2n) is 13.5. The minimum Gasteiger partial charge on any atom is -0.394 e. The predicted molar refractivity (Wildman–Crippen MR) is 186 cm³/mol. The van der Waals surface area contributed by atoms with Crippen molar-refractivity contribution in [1.82, 2.24) is 5.32 Å². The van der Waals surface area contributed by atoms with Crippen LogP contribution >= 0.6 is 0 Å². The third-order valence-corrected chi connectivity index (χ3v) is 9.21. The zero-order valence-electron chi connectivity index (χ0n) is 29.1. The van der Waals surface area contributed by atoms with Gasteiger partial charge in [0.2, 0.25) is 5.91 Å². The van der Waals surface area contributed by atoms with E-state index in [1.54, 1.807) is 0 Å². The van der Waals surface area contributed by atoms with Crippen LogP contribution in [0.5, 0.6) is 0 Å². The van der Waals surface area contributed by atoms with Crippen LogP contribution in [-0.4, -0.2) is 46.1 Å². The van der Waals surface area contributed by atoms with E-state index >= 15 is 0 Å². The van der Waals surface area contributed by atoms with E-state index < -0.39 is 18.2 Å². The molecule has 43 heavy (non-hydrogen) atoms. The maximum atomic E-state index is 12.3. The topological polar surface area (TPSA) is 89.8 Å². The minimum absolute atomic E-state index is 0.143. The van der Waals surface area contributed by atoms with Gasteiger partial charge in [0.05, 0.1) is 18.8 Å². The first-order valence-electron chi connectivity index (χ1n) is 19.3. The molecule has 0 spiro atoms. The lowest BCUT2D eigenvalue weighted by Gasteiger charge is -2.26. The summed E-state index contributed by atoms with van der Waals surface area (Å²) in [6.45, 7) is 4.15. The molecule has 258 valence electrons. The molecule has 0 aliphatic rings. The Morgan fingerprint density at radius 2 is 0.791 bits per heavy atom. The van der Waals surface area contributed by atoms with E-state index in [2.05, 4.69) is 19.2 Å². The Morgan fingerprint density at radius 1 is 0.488 bits per heavy atom. The fourth-order valence-electron chi connectivity index (χ4n) is 6.16. The molecular weight excluding hydrogens is 534 g/mol. The van der Waals surface area contributed by atoms with Crippen LogP contribution in [0.4, 0.5) is 0 Å². The summed E-state index contributed by atoms with van der Waals surface area (Å²) in [5.41, 5.74) is 0. The predicted octanol–water partition coefficient (Wildman–Crippen LogP) is 10.3. The van der Waals surface area contributed by atoms with Crippen molar-refractivity contribution in [3.63, 3.8) is 0 Å². The Morgan fingerprint density at radius 3 is 1.12 bits per heavy atom. The monoisotopic (exact) mass is 612 g/mol. The van der Waals surface area contributed by atoms with Gasteiger partial charge in [0, 0.05) is 6.42 Å². The largest absolute Gasteiger partial charge is 0.394 e. The van der Waals surface area contributed by atoms with Crippen LogP contribution < -0.4 is 5.32 Å². The van der Waals surface area contributed by atoms with Gasteiger partial charge in [-0.3, -0.25) is 4.79 Å². The number of aliphatic hydroxyl groups is 3. The molecule has 0 aliphatic heterocycles. The molecule has 0 heterocycles. The normalized spacial score (nSPS) is 13.7. The second kappa shape index (κ2) is 34.2. The van der Waals surface area contributed by atoms with Crippen molar-refractivity contribution in [1.29, 1.82) is 0 Å². The second-order valence-corrected chi connectivity index (χ2v) is 13.5. The Kier molecular flexibility index (Phi) is 33.7. The van der Waals surface area contributed by atoms with E-state index in [0.717, 1.165) is 38.5 Å². The third-order valence-electron chi connectivity index (χ3n) is 9.21. The summed E-state index contributed by atoms with van der Waals surface area (Å²) >= 11 is 0. The van der Waals surface area contributed by atoms with Crippen LogP contribution in [0.3, 0.4) is 0 Å². The van der Waals surface area contributed by atoms with Crippen molar-refractivity contribution in [3.8, 4) is 0 Å². The summed E-state index contributed by atoms with van der Waals surface area (Å²) in [4.78, 5) is 12.3. The first-order valence-corrected chi connectivity index (χ1v) is 19.3. The number of amides is 1. The number of hydrogen-bond donors (Lipinski definition) is 4. The minimum atomic E-state index is -1.13. The van der Waals surface area contributed by atoms with Gasteiger partial charge in [-0.2, -0.15) is 0 Å². The zero-order chi connectivity index (χ0) is 31.6. The molecule has 3 atom stereocenters. The van der Waals surface area contributed by atoms with E-state index in [1.807, 2.05) is 0 Å². The Balaban J connectivity index is 3.54. The van der Waals surface area contributed by atoms with E-state index in [9.17, 15) is 20.1 Å². The first kappa shape index (κ1) is 42.3. The van der Waals surface area contributed by atoms with Gasteiger partial charge in [0.25, 0.3) is 0 Å². The van der Waals surface area contributed by atoms with Crippen LogP contribution in [0.2, 0.25) is 0 Å². The van der Waals surface area contributed by atoms with Gasteiger partial charge < -0.3 is 20.6 Å². The molecular formula is C38H77NO4. The lowest BCUT2D eigenvalue weighted by molar-refractivity contribution is -0.124. The van der Waals surface area contributed by atoms with Crippen molar-refractivity contribution in [3.05, 3.63) is 0 Å². The van der Waals surface area contributed by atoms with Crippen molar-refractivity contribution in [2.24, 2.45) is 0 Å². The van der Waals surface area contributed by atoms with Gasteiger partial charge in [0.15, 0.2) is 0 Å². The maximum Gasteiger partial charge on any atom is 0.220 e. The van der Waals surface area contributed by atoms with Crippen LogP contribution in [0.25, 0.3) is 0 Å². The molecule has 0 unspecified atom stereocenters. The van der Waals surface area contributed by atoms with E-state index in [0.29, 0.717) is 12.8 Å². The standard InChI is InChI=1S/C38H77NO4/c1-3-5-7-9-11-13-14-15-16-17-18-19-20-21-22-23-24-25-27-29-31-33-37(42)39-35(34-40)38(43)36(41)32-30-28-26-12-10-8-6-4-2/h35-36,38,40-41,43H,3-34H2,1-2H3,(H,39,42)/t35-,36+,38-/m0/s1. The fraction of sp³-hybridized carbons (Fsp3) is 0.974. The van der Waals surface area contributed by atoms with Gasteiger partial charge in [-0.15, -0.1) is 0 Å². The SMILES string of the molecule is CCCCCCCCCCCCCCCCCCCCCCCC(=O)N[C@@H](CO)[C@H](O)[C@H](O)CCCCCCCCCC. The molecule has 0 radical (unpaired) electrons. The molecule has 0 aromatic heterocycles. The Labute approximate surface area is 268 Å². The zero-order valence-corrected chi connectivity index (χ0v) is 29.1. The van der Waals surface area contributed by atoms with Crippen molar-refractivity contribution in [2.45, 2.75) is 231 Å². The molecule has 1 amide bonds. The molecule has 0 aromatic rings. The maximum absolute atomic E-state index is 12.3. The number of unbranched alkanes of at least 4 members (excludes halogenated alkanes) is 27. The van der Waals surface area contributed by atoms with Gasteiger partial charge in [-0.25, -0.2) is 0 Å². The van der Waals surface area contributed by atoms with Gasteiger partial charge in [0.1, 0.15) is 6.10 Å². The summed E-state index contributed by atoms with van der Waals surface area (Å²) in [6, 6.07) is -0.800. The molecule has 0 rings (SSSR count). The van der Waals surface area contributed by atoms with Crippen molar-refractivity contribution >= 4 is 5.91 Å². The number of nitrogens with one attached hydrogen (secondary N) is 1. The lowest BCUT2D eigenvalue weighted by Crippen LogP contribution is -2.50. The van der Waals surface area contributed by atoms with Crippen LogP contribution in [-0.2, 0) is 4.79 Å². The number of carbonyl (C=O) groups excluding carboxylic acids is 1. The first-order chi connectivity index (χ1) is 21.1. The molecule has 5 nitrogen and oxygen atoms in total. The molecule has 0 saturated carbocycles. The van der Waals surface area contributed by atoms with Crippen molar-refractivity contribution < 1.29 is 20.1 Å². The number of rotatable bonds is 35. The molecule has 0 aliphatic carbocycles. The number of aliphatic hydroxyl groups excluding tert-OH is 3. The van der Waals surface area contributed by atoms with Crippen molar-refractivity contribution in [2.75, 3.05) is 6.61 Å².